The monoisotopic (exact) mass is 919 g/mol. The van der Waals surface area contributed by atoms with E-state index in [9.17, 15) is 73.2 Å². The lowest BCUT2D eigenvalue weighted by Crippen LogP contribution is -2.57. The maximum Gasteiger partial charge on any atom is 0.327 e. The Morgan fingerprint density at radius 1 is 0.597 bits per heavy atom. The van der Waals surface area contributed by atoms with Crippen molar-refractivity contribution in [3.8, 4) is 0 Å². The number of unbranched alkanes of at least 4 members (excludes halogenated alkanes) is 1. The van der Waals surface area contributed by atoms with Gasteiger partial charge in [0.2, 0.25) is 17.7 Å². The third-order valence-electron chi connectivity index (χ3n) is 7.98. The third kappa shape index (κ3) is 23.4. The summed E-state index contributed by atoms with van der Waals surface area (Å²) in [5.74, 6) is -11.6. The van der Waals surface area contributed by atoms with Gasteiger partial charge in [-0.25, -0.2) is 24.0 Å². The van der Waals surface area contributed by atoms with Crippen LogP contribution in [-0.4, -0.2) is 158 Å². The number of hydrogen-bond acceptors (Lipinski definition) is 14. The van der Waals surface area contributed by atoms with Crippen molar-refractivity contribution in [1.82, 2.24) is 31.9 Å². The van der Waals surface area contributed by atoms with Crippen LogP contribution in [0.25, 0.3) is 0 Å². The van der Waals surface area contributed by atoms with Crippen molar-refractivity contribution in [2.45, 2.75) is 81.6 Å². The molecule has 0 bridgehead atoms. The lowest BCUT2D eigenvalue weighted by molar-refractivity contribution is -0.144. The fourth-order valence-corrected chi connectivity index (χ4v) is 6.97. The molecule has 1 aromatic carbocycles. The number of methoxy groups -OCH3 is 1. The molecule has 1 aromatic rings. The predicted molar refractivity (Wildman–Crippen MR) is 217 cm³/mol. The number of benzene rings is 1. The number of carboxylic acids is 6. The first-order valence-electron chi connectivity index (χ1n) is 18.4. The number of nitrogens with one attached hydrogen (secondary N) is 7. The van der Waals surface area contributed by atoms with Gasteiger partial charge in [0.15, 0.2) is 0 Å². The Bertz CT molecular complexity index is 1750. The number of aliphatic carboxylic acids is 6. The number of hydrogen-bond donors (Lipinski definition) is 13. The Kier molecular flexibility index (Phi) is 25.1. The molecule has 1 rings (SSSR count). The molecule has 344 valence electrons. The number of anilines is 1. The minimum absolute atomic E-state index is 0.0721. The van der Waals surface area contributed by atoms with Crippen molar-refractivity contribution in [3.63, 3.8) is 0 Å². The zero-order valence-electron chi connectivity index (χ0n) is 33.1. The summed E-state index contributed by atoms with van der Waals surface area (Å²) in [6, 6.07) is -4.15. The van der Waals surface area contributed by atoms with Gasteiger partial charge in [-0.15, -0.1) is 0 Å². The highest BCUT2D eigenvalue weighted by molar-refractivity contribution is 8.76. The average molecular weight is 920 g/mol. The van der Waals surface area contributed by atoms with Crippen molar-refractivity contribution in [2.75, 3.05) is 37.1 Å². The van der Waals surface area contributed by atoms with E-state index in [-0.39, 0.29) is 37.2 Å². The molecule has 0 spiro atoms. The van der Waals surface area contributed by atoms with Crippen molar-refractivity contribution in [3.05, 3.63) is 29.8 Å². The normalized spacial score (nSPS) is 13.0. The first kappa shape index (κ1) is 53.7. The summed E-state index contributed by atoms with van der Waals surface area (Å²) in [7, 11) is 3.85. The first-order valence-corrected chi connectivity index (χ1v) is 20.9. The van der Waals surface area contributed by atoms with E-state index in [1.54, 1.807) is 0 Å². The van der Waals surface area contributed by atoms with E-state index in [2.05, 4.69) is 31.9 Å². The first-order chi connectivity index (χ1) is 29.2. The quantitative estimate of drug-likeness (QED) is 0.0317. The highest BCUT2D eigenvalue weighted by Gasteiger charge is 2.32. The van der Waals surface area contributed by atoms with Crippen LogP contribution in [0.5, 0.6) is 0 Å². The van der Waals surface area contributed by atoms with Crippen LogP contribution in [0.15, 0.2) is 24.3 Å². The van der Waals surface area contributed by atoms with Crippen LogP contribution in [0.4, 0.5) is 15.3 Å². The molecule has 0 heterocycles. The predicted octanol–water partition coefficient (Wildman–Crippen LogP) is -0.892. The summed E-state index contributed by atoms with van der Waals surface area (Å²) >= 11 is 0. The molecule has 62 heavy (non-hydrogen) atoms. The number of carbonyl (C=O) groups is 11. The van der Waals surface area contributed by atoms with Gasteiger partial charge >= 0.3 is 47.9 Å². The van der Waals surface area contributed by atoms with Crippen LogP contribution in [-0.2, 0) is 54.3 Å². The minimum atomic E-state index is -1.84. The van der Waals surface area contributed by atoms with E-state index in [1.807, 2.05) is 5.32 Å². The molecular weight excluding hydrogens is 871 g/mol. The summed E-state index contributed by atoms with van der Waals surface area (Å²) in [4.78, 5) is 132. The SMILES string of the molecule is COCCSSC[C@H](NC(=O)[C@H](CC(=O)O)NC(=O)[C@H](CC(=O)O)NC(=O)Cc1ccc(NC(=O)NCCCC[C@H](NC(=O)N[C@@H](CCC(=O)O)C(=O)O)C(=O)O)cc1)C(=O)O. The molecule has 7 amide bonds. The summed E-state index contributed by atoms with van der Waals surface area (Å²) < 4.78 is 4.90. The number of rotatable bonds is 31. The molecule has 0 aliphatic rings. The third-order valence-corrected chi connectivity index (χ3v) is 10.4. The molecule has 0 unspecified atom stereocenters. The molecule has 0 radical (unpaired) electrons. The number of carbonyl (C=O) groups excluding carboxylic acids is 5. The lowest BCUT2D eigenvalue weighted by atomic mass is 10.1. The number of amides is 7. The summed E-state index contributed by atoms with van der Waals surface area (Å²) in [6.45, 7) is 0.457. The van der Waals surface area contributed by atoms with Gasteiger partial charge in [-0.1, -0.05) is 33.7 Å². The molecule has 13 N–H and O–H groups in total. The van der Waals surface area contributed by atoms with Crippen molar-refractivity contribution in [1.29, 1.82) is 0 Å². The number of urea groups is 2. The summed E-state index contributed by atoms with van der Waals surface area (Å²) in [5.41, 5.74) is 0.619. The van der Waals surface area contributed by atoms with Crippen LogP contribution in [0.2, 0.25) is 0 Å². The van der Waals surface area contributed by atoms with Crippen LogP contribution in [0.3, 0.4) is 0 Å². The van der Waals surface area contributed by atoms with Crippen molar-refractivity contribution >= 4 is 92.9 Å². The molecule has 0 fully saturated rings. The zero-order valence-corrected chi connectivity index (χ0v) is 34.7. The van der Waals surface area contributed by atoms with E-state index in [0.29, 0.717) is 17.9 Å². The van der Waals surface area contributed by atoms with Crippen molar-refractivity contribution in [2.24, 2.45) is 0 Å². The maximum absolute atomic E-state index is 13.1. The highest BCUT2D eigenvalue weighted by Crippen LogP contribution is 2.22. The fourth-order valence-electron chi connectivity index (χ4n) is 4.91. The lowest BCUT2D eigenvalue weighted by Gasteiger charge is -2.23. The van der Waals surface area contributed by atoms with Crippen LogP contribution >= 0.6 is 21.6 Å². The van der Waals surface area contributed by atoms with E-state index in [4.69, 9.17) is 14.9 Å². The second kappa shape index (κ2) is 29.0. The van der Waals surface area contributed by atoms with Gasteiger partial charge < -0.3 is 72.6 Å². The Morgan fingerprint density at radius 3 is 1.65 bits per heavy atom. The van der Waals surface area contributed by atoms with Gasteiger partial charge in [-0.3, -0.25) is 28.8 Å². The van der Waals surface area contributed by atoms with Gasteiger partial charge in [-0.05, 0) is 43.4 Å². The molecule has 0 aliphatic heterocycles. The van der Waals surface area contributed by atoms with E-state index in [1.165, 1.54) is 42.2 Å². The molecule has 27 heteroatoms. The van der Waals surface area contributed by atoms with E-state index < -0.39 is 128 Å². The van der Waals surface area contributed by atoms with E-state index in [0.717, 1.165) is 10.8 Å². The van der Waals surface area contributed by atoms with Crippen molar-refractivity contribution < 1.29 is 88.1 Å². The Balaban J connectivity index is 2.71. The van der Waals surface area contributed by atoms with Gasteiger partial charge in [0.05, 0.1) is 25.9 Å². The topological polar surface area (TPSA) is 403 Å². The Hall–Kier alpha value is -6.35. The molecule has 0 saturated carbocycles. The Labute approximate surface area is 360 Å². The second-order valence-corrected chi connectivity index (χ2v) is 15.6. The van der Waals surface area contributed by atoms with E-state index >= 15 is 0 Å². The van der Waals surface area contributed by atoms with Gasteiger partial charge in [0, 0.05) is 37.3 Å². The second-order valence-electron chi connectivity index (χ2n) is 13.0. The number of ether oxygens (including phenoxy) is 1. The number of carboxylic acid groups (broad SMARTS) is 6. The summed E-state index contributed by atoms with van der Waals surface area (Å²) in [6.07, 6.45) is -2.97. The molecule has 0 saturated heterocycles. The standard InChI is InChI=1S/C35H49N7O18S2/c1-60-12-13-61-62-17-24(33(56)57)40-30(51)23(16-28(48)49)39-29(50)22(15-27(46)47)38-25(43)14-18-5-7-19(8-6-18)37-34(58)36-11-3-2-4-20(31(52)53)41-35(59)42-21(32(54)55)9-10-26(44)45/h5-8,20-24H,2-4,9-17H2,1H3,(H,38,43)(H,39,50)(H,40,51)(H,44,45)(H,46,47)(H,48,49)(H,52,53)(H,54,55)(H,56,57)(H2,36,37,58)(H2,41,42,59)/t20-,21-,22-,23-,24-/m0/s1. The molecular formula is C35H49N7O18S2. The van der Waals surface area contributed by atoms with Crippen LogP contribution in [0, 0.1) is 0 Å². The van der Waals surface area contributed by atoms with Gasteiger partial charge in [0.1, 0.15) is 30.2 Å². The Morgan fingerprint density at radius 2 is 1.13 bits per heavy atom. The van der Waals surface area contributed by atoms with Crippen LogP contribution < -0.4 is 37.2 Å². The van der Waals surface area contributed by atoms with Crippen LogP contribution in [0.1, 0.15) is 50.5 Å². The minimum Gasteiger partial charge on any atom is -0.481 e. The maximum atomic E-state index is 13.1. The van der Waals surface area contributed by atoms with Gasteiger partial charge in [0.25, 0.3) is 0 Å². The average Bonchev–Trinajstić information content (AvgIpc) is 3.17. The smallest absolute Gasteiger partial charge is 0.327 e. The fraction of sp³-hybridized carbons (Fsp3) is 0.514. The summed E-state index contributed by atoms with van der Waals surface area (Å²) in [5, 5.41) is 71.2. The highest BCUT2D eigenvalue weighted by atomic mass is 33.1. The molecule has 5 atom stereocenters. The zero-order chi connectivity index (χ0) is 46.8. The largest absolute Gasteiger partial charge is 0.481 e. The molecule has 0 aromatic heterocycles. The molecule has 25 nitrogen and oxygen atoms in total. The molecule has 0 aliphatic carbocycles. The van der Waals surface area contributed by atoms with Gasteiger partial charge in [-0.2, -0.15) is 0 Å².